The fourth-order valence-corrected chi connectivity index (χ4v) is 2.23. The Morgan fingerprint density at radius 2 is 2.21 bits per heavy atom. The molecular weight excluding hydrogens is 238 g/mol. The first kappa shape index (κ1) is 14.0. The van der Waals surface area contributed by atoms with Gasteiger partial charge in [-0.15, -0.1) is 0 Å². The van der Waals surface area contributed by atoms with Crippen molar-refractivity contribution in [3.8, 4) is 0 Å². The molecule has 0 aromatic heterocycles. The maximum atomic E-state index is 11.9. The Hall–Kier alpha value is -1.39. The zero-order chi connectivity index (χ0) is 13.8. The van der Waals surface area contributed by atoms with Crippen LogP contribution < -0.4 is 11.1 Å². The first-order valence-electron chi connectivity index (χ1n) is 6.83. The van der Waals surface area contributed by atoms with Crippen LogP contribution >= 0.6 is 0 Å². The zero-order valence-electron chi connectivity index (χ0n) is 11.7. The molecule has 1 aliphatic rings. The molecule has 19 heavy (non-hydrogen) atoms. The number of anilines is 1. The number of nitrogens with one attached hydrogen (secondary N) is 1. The first-order valence-corrected chi connectivity index (χ1v) is 6.83. The van der Waals surface area contributed by atoms with Crippen LogP contribution in [0.15, 0.2) is 24.3 Å². The van der Waals surface area contributed by atoms with E-state index in [0.717, 1.165) is 12.2 Å². The molecule has 1 amide bonds. The second kappa shape index (κ2) is 6.17. The van der Waals surface area contributed by atoms with Crippen molar-refractivity contribution in [2.75, 3.05) is 19.4 Å². The lowest BCUT2D eigenvalue weighted by Crippen LogP contribution is -2.28. The van der Waals surface area contributed by atoms with Gasteiger partial charge in [-0.05, 0) is 50.6 Å². The van der Waals surface area contributed by atoms with Gasteiger partial charge in [-0.25, -0.2) is 0 Å². The summed E-state index contributed by atoms with van der Waals surface area (Å²) in [7, 11) is 4.06. The summed E-state index contributed by atoms with van der Waals surface area (Å²) in [6, 6.07) is 7.98. The van der Waals surface area contributed by atoms with Crippen LogP contribution in [0.5, 0.6) is 0 Å². The third-order valence-corrected chi connectivity index (χ3v) is 3.36. The maximum absolute atomic E-state index is 11.9. The smallest absolute Gasteiger partial charge is 0.225 e. The first-order chi connectivity index (χ1) is 9.04. The lowest BCUT2D eigenvalue weighted by molar-refractivity contribution is -0.116. The van der Waals surface area contributed by atoms with Gasteiger partial charge in [0.15, 0.2) is 0 Å². The average molecular weight is 261 g/mol. The Morgan fingerprint density at radius 1 is 1.47 bits per heavy atom. The van der Waals surface area contributed by atoms with E-state index >= 15 is 0 Å². The number of carbonyl (C=O) groups excluding carboxylic acids is 1. The maximum Gasteiger partial charge on any atom is 0.225 e. The molecule has 0 radical (unpaired) electrons. The van der Waals surface area contributed by atoms with Crippen molar-refractivity contribution < 1.29 is 4.79 Å². The summed E-state index contributed by atoms with van der Waals surface area (Å²) in [4.78, 5) is 14.0. The van der Waals surface area contributed by atoms with Crippen molar-refractivity contribution in [1.82, 2.24) is 4.90 Å². The summed E-state index contributed by atoms with van der Waals surface area (Å²) in [6.45, 7) is 0.866. The largest absolute Gasteiger partial charge is 0.327 e. The number of nitrogens with two attached hydrogens (primary N) is 1. The van der Waals surface area contributed by atoms with Crippen molar-refractivity contribution in [3.63, 3.8) is 0 Å². The summed E-state index contributed by atoms with van der Waals surface area (Å²) in [5.41, 5.74) is 8.01. The van der Waals surface area contributed by atoms with Gasteiger partial charge in [0.25, 0.3) is 0 Å². The molecule has 0 aliphatic heterocycles. The van der Waals surface area contributed by atoms with E-state index in [1.807, 2.05) is 32.3 Å². The van der Waals surface area contributed by atoms with Crippen molar-refractivity contribution >= 4 is 11.6 Å². The van der Waals surface area contributed by atoms with Crippen LogP contribution in [0.1, 0.15) is 24.8 Å². The molecule has 2 rings (SSSR count). The lowest BCUT2D eigenvalue weighted by atomic mass is 10.1. The summed E-state index contributed by atoms with van der Waals surface area (Å²) in [5, 5.41) is 2.93. The highest BCUT2D eigenvalue weighted by Gasteiger charge is 2.29. The van der Waals surface area contributed by atoms with Crippen LogP contribution in [0.25, 0.3) is 0 Å². The molecule has 4 heteroatoms. The molecule has 1 saturated carbocycles. The van der Waals surface area contributed by atoms with E-state index in [0.29, 0.717) is 12.3 Å². The molecule has 4 nitrogen and oxygen atoms in total. The average Bonchev–Trinajstić information content (AvgIpc) is 3.11. The number of carbonyl (C=O) groups is 1. The quantitative estimate of drug-likeness (QED) is 0.821. The van der Waals surface area contributed by atoms with Gasteiger partial charge in [0, 0.05) is 24.7 Å². The predicted octanol–water partition coefficient (Wildman–Crippen LogP) is 1.81. The standard InChI is InChI=1S/C15H23N3O/c1-18(2)10-11-4-3-5-13(8-11)17-15(19)9-14(16)12-6-7-12/h3-5,8,12,14H,6-7,9-10,16H2,1-2H3,(H,17,19). The van der Waals surface area contributed by atoms with E-state index in [1.54, 1.807) is 0 Å². The fourth-order valence-electron chi connectivity index (χ4n) is 2.23. The van der Waals surface area contributed by atoms with E-state index < -0.39 is 0 Å². The van der Waals surface area contributed by atoms with Crippen LogP contribution in [-0.2, 0) is 11.3 Å². The normalized spacial score (nSPS) is 16.4. The Bertz CT molecular complexity index is 441. The Kier molecular flexibility index (Phi) is 4.56. The summed E-state index contributed by atoms with van der Waals surface area (Å²) in [6.07, 6.45) is 2.77. The Balaban J connectivity index is 1.88. The second-order valence-corrected chi connectivity index (χ2v) is 5.69. The number of amides is 1. The van der Waals surface area contributed by atoms with Gasteiger partial charge in [0.1, 0.15) is 0 Å². The van der Waals surface area contributed by atoms with Crippen LogP contribution in [0.4, 0.5) is 5.69 Å². The highest BCUT2D eigenvalue weighted by Crippen LogP contribution is 2.32. The van der Waals surface area contributed by atoms with Crippen LogP contribution in [0, 0.1) is 5.92 Å². The Labute approximate surface area is 115 Å². The van der Waals surface area contributed by atoms with E-state index in [9.17, 15) is 4.79 Å². The van der Waals surface area contributed by atoms with Crippen molar-refractivity contribution in [1.29, 1.82) is 0 Å². The fraction of sp³-hybridized carbons (Fsp3) is 0.533. The number of hydrogen-bond donors (Lipinski definition) is 2. The minimum Gasteiger partial charge on any atom is -0.327 e. The zero-order valence-corrected chi connectivity index (χ0v) is 11.7. The monoisotopic (exact) mass is 261 g/mol. The molecule has 1 aromatic rings. The SMILES string of the molecule is CN(C)Cc1cccc(NC(=O)CC(N)C2CC2)c1. The van der Waals surface area contributed by atoms with Crippen molar-refractivity contribution in [2.45, 2.75) is 31.8 Å². The minimum absolute atomic E-state index is 0.0152. The number of hydrogen-bond acceptors (Lipinski definition) is 3. The minimum atomic E-state index is 0.0152. The van der Waals surface area contributed by atoms with E-state index in [2.05, 4.69) is 16.3 Å². The molecule has 1 aliphatic carbocycles. The highest BCUT2D eigenvalue weighted by molar-refractivity contribution is 5.91. The van der Waals surface area contributed by atoms with Crippen LogP contribution in [0.3, 0.4) is 0 Å². The Morgan fingerprint density at radius 3 is 2.84 bits per heavy atom. The van der Waals surface area contributed by atoms with E-state index in [1.165, 1.54) is 18.4 Å². The van der Waals surface area contributed by atoms with Gasteiger partial charge >= 0.3 is 0 Å². The molecule has 0 saturated heterocycles. The number of benzene rings is 1. The molecule has 1 fully saturated rings. The van der Waals surface area contributed by atoms with Gasteiger partial charge < -0.3 is 16.0 Å². The number of nitrogens with zero attached hydrogens (tertiary/aromatic N) is 1. The van der Waals surface area contributed by atoms with Crippen molar-refractivity contribution in [3.05, 3.63) is 29.8 Å². The third kappa shape index (κ3) is 4.65. The van der Waals surface area contributed by atoms with Crippen LogP contribution in [-0.4, -0.2) is 30.9 Å². The number of rotatable bonds is 6. The highest BCUT2D eigenvalue weighted by atomic mass is 16.1. The molecule has 104 valence electrons. The topological polar surface area (TPSA) is 58.4 Å². The summed E-state index contributed by atoms with van der Waals surface area (Å²) in [5.74, 6) is 0.576. The van der Waals surface area contributed by atoms with Crippen LogP contribution in [0.2, 0.25) is 0 Å². The molecule has 0 spiro atoms. The molecule has 3 N–H and O–H groups in total. The van der Waals surface area contributed by atoms with Gasteiger partial charge in [-0.3, -0.25) is 4.79 Å². The lowest BCUT2D eigenvalue weighted by Gasteiger charge is -2.13. The van der Waals surface area contributed by atoms with E-state index in [4.69, 9.17) is 5.73 Å². The van der Waals surface area contributed by atoms with Gasteiger partial charge in [0.05, 0.1) is 0 Å². The molecule has 1 unspecified atom stereocenters. The third-order valence-electron chi connectivity index (χ3n) is 3.36. The molecule has 1 aromatic carbocycles. The van der Waals surface area contributed by atoms with Gasteiger partial charge in [0.2, 0.25) is 5.91 Å². The summed E-state index contributed by atoms with van der Waals surface area (Å²) < 4.78 is 0. The molecule has 0 heterocycles. The van der Waals surface area contributed by atoms with E-state index in [-0.39, 0.29) is 11.9 Å². The second-order valence-electron chi connectivity index (χ2n) is 5.69. The predicted molar refractivity (Wildman–Crippen MR) is 77.8 cm³/mol. The summed E-state index contributed by atoms with van der Waals surface area (Å²) >= 11 is 0. The molecular formula is C15H23N3O. The van der Waals surface area contributed by atoms with Gasteiger partial charge in [-0.1, -0.05) is 12.1 Å². The van der Waals surface area contributed by atoms with Gasteiger partial charge in [-0.2, -0.15) is 0 Å². The molecule has 1 atom stereocenters. The molecule has 0 bridgehead atoms. The van der Waals surface area contributed by atoms with Crippen molar-refractivity contribution in [2.24, 2.45) is 11.7 Å².